The monoisotopic (exact) mass is 252 g/mol. The molecule has 0 amide bonds. The van der Waals surface area contributed by atoms with E-state index in [0.717, 1.165) is 24.4 Å². The molecular formula is C13H20N2OS. The minimum absolute atomic E-state index is 0.00294. The van der Waals surface area contributed by atoms with E-state index in [-0.39, 0.29) is 5.56 Å². The Bertz CT molecular complexity index is 422. The summed E-state index contributed by atoms with van der Waals surface area (Å²) in [7, 11) is 0. The van der Waals surface area contributed by atoms with Crippen molar-refractivity contribution in [3.8, 4) is 0 Å². The fourth-order valence-electron chi connectivity index (χ4n) is 2.16. The van der Waals surface area contributed by atoms with Crippen LogP contribution in [0.2, 0.25) is 0 Å². The van der Waals surface area contributed by atoms with Crippen LogP contribution in [-0.4, -0.2) is 15.7 Å². The Hall–Kier alpha value is -0.770. The average Bonchev–Trinajstić information content (AvgIpc) is 2.28. The topological polar surface area (TPSA) is 45.8 Å². The summed E-state index contributed by atoms with van der Waals surface area (Å²) >= 11 is 1.92. The lowest BCUT2D eigenvalue weighted by Crippen LogP contribution is -2.17. The summed E-state index contributed by atoms with van der Waals surface area (Å²) in [6.07, 6.45) is 4.56. The van der Waals surface area contributed by atoms with Crippen LogP contribution in [0.3, 0.4) is 0 Å². The van der Waals surface area contributed by atoms with E-state index in [4.69, 9.17) is 0 Å². The fourth-order valence-corrected chi connectivity index (χ4v) is 3.42. The molecule has 0 aliphatic carbocycles. The first-order valence-corrected chi connectivity index (χ1v) is 7.42. The second-order valence-electron chi connectivity index (χ2n) is 5.08. The predicted molar refractivity (Wildman–Crippen MR) is 72.4 cm³/mol. The van der Waals surface area contributed by atoms with Crippen LogP contribution in [0.1, 0.15) is 49.9 Å². The molecule has 94 valence electrons. The summed E-state index contributed by atoms with van der Waals surface area (Å²) in [4.78, 5) is 19.2. The Labute approximate surface area is 106 Å². The molecular weight excluding hydrogens is 232 g/mol. The van der Waals surface area contributed by atoms with Crippen molar-refractivity contribution in [2.24, 2.45) is 5.92 Å². The first kappa shape index (κ1) is 12.7. The molecule has 1 aromatic rings. The van der Waals surface area contributed by atoms with Crippen molar-refractivity contribution in [2.75, 3.05) is 5.75 Å². The molecule has 1 aliphatic heterocycles. The molecule has 1 N–H and O–H groups in total. The highest BCUT2D eigenvalue weighted by atomic mass is 32.2. The molecule has 0 aromatic carbocycles. The quantitative estimate of drug-likeness (QED) is 0.899. The minimum Gasteiger partial charge on any atom is -0.310 e. The summed E-state index contributed by atoms with van der Waals surface area (Å²) in [5, 5.41) is 0.392. The number of nitrogens with one attached hydrogen (secondary N) is 1. The first-order valence-electron chi connectivity index (χ1n) is 6.37. The molecule has 2 heterocycles. The molecule has 0 spiro atoms. The molecule has 17 heavy (non-hydrogen) atoms. The van der Waals surface area contributed by atoms with Gasteiger partial charge in [-0.05, 0) is 30.9 Å². The van der Waals surface area contributed by atoms with Crippen LogP contribution < -0.4 is 5.56 Å². The van der Waals surface area contributed by atoms with Crippen LogP contribution in [0.25, 0.3) is 0 Å². The van der Waals surface area contributed by atoms with Gasteiger partial charge in [0, 0.05) is 11.8 Å². The fraction of sp³-hybridized carbons (Fsp3) is 0.692. The van der Waals surface area contributed by atoms with Crippen molar-refractivity contribution in [1.82, 2.24) is 9.97 Å². The highest BCUT2D eigenvalue weighted by Gasteiger charge is 2.18. The zero-order valence-electron chi connectivity index (χ0n) is 10.5. The van der Waals surface area contributed by atoms with Gasteiger partial charge in [0.15, 0.2) is 0 Å². The van der Waals surface area contributed by atoms with E-state index in [1.165, 1.54) is 18.6 Å². The average molecular weight is 252 g/mol. The number of aromatic nitrogens is 2. The largest absolute Gasteiger partial charge is 0.310 e. The van der Waals surface area contributed by atoms with E-state index >= 15 is 0 Å². The highest BCUT2D eigenvalue weighted by Crippen LogP contribution is 2.36. The molecule has 1 aromatic heterocycles. The predicted octanol–water partition coefficient (Wildman–Crippen LogP) is 2.93. The summed E-state index contributed by atoms with van der Waals surface area (Å²) < 4.78 is 0. The second kappa shape index (κ2) is 5.71. The van der Waals surface area contributed by atoms with Gasteiger partial charge in [-0.25, -0.2) is 4.98 Å². The smallest absolute Gasteiger partial charge is 0.251 e. The molecule has 1 atom stereocenters. The zero-order valence-corrected chi connectivity index (χ0v) is 11.3. The van der Waals surface area contributed by atoms with E-state index in [1.807, 2.05) is 11.8 Å². The summed E-state index contributed by atoms with van der Waals surface area (Å²) in [5.41, 5.74) is 0.932. The maximum Gasteiger partial charge on any atom is 0.251 e. The lowest BCUT2D eigenvalue weighted by atomic mass is 10.1. The maximum absolute atomic E-state index is 11.6. The van der Waals surface area contributed by atoms with Gasteiger partial charge in [-0.2, -0.15) is 11.8 Å². The van der Waals surface area contributed by atoms with Gasteiger partial charge in [0.25, 0.3) is 5.56 Å². The number of thioether (sulfide) groups is 1. The zero-order chi connectivity index (χ0) is 12.3. The number of hydrogen-bond donors (Lipinski definition) is 1. The third-order valence-electron chi connectivity index (χ3n) is 2.92. The summed E-state index contributed by atoms with van der Waals surface area (Å²) in [6.45, 7) is 4.30. The van der Waals surface area contributed by atoms with E-state index in [9.17, 15) is 4.79 Å². The standard InChI is InChI=1S/C13H20N2OS/c1-9(2)7-10-8-12(16)15-13(14-10)11-5-3-4-6-17-11/h8-9,11H,3-7H2,1-2H3,(H,14,15,16). The van der Waals surface area contributed by atoms with Crippen LogP contribution in [-0.2, 0) is 6.42 Å². The molecule has 1 fully saturated rings. The molecule has 0 bridgehead atoms. The van der Waals surface area contributed by atoms with E-state index in [0.29, 0.717) is 11.2 Å². The van der Waals surface area contributed by atoms with Gasteiger partial charge in [0.1, 0.15) is 5.82 Å². The van der Waals surface area contributed by atoms with Gasteiger partial charge in [0.2, 0.25) is 0 Å². The molecule has 0 radical (unpaired) electrons. The van der Waals surface area contributed by atoms with Crippen LogP contribution in [0.5, 0.6) is 0 Å². The lowest BCUT2D eigenvalue weighted by molar-refractivity contribution is 0.617. The van der Waals surface area contributed by atoms with E-state index in [2.05, 4.69) is 23.8 Å². The molecule has 3 nitrogen and oxygen atoms in total. The Kier molecular flexibility index (Phi) is 4.26. The second-order valence-corrected chi connectivity index (χ2v) is 6.39. The third-order valence-corrected chi connectivity index (χ3v) is 4.30. The molecule has 1 aliphatic rings. The minimum atomic E-state index is -0.00294. The molecule has 1 saturated heterocycles. The Balaban J connectivity index is 2.21. The Morgan fingerprint density at radius 1 is 1.53 bits per heavy atom. The van der Waals surface area contributed by atoms with Gasteiger partial charge in [0.05, 0.1) is 5.25 Å². The summed E-state index contributed by atoms with van der Waals surface area (Å²) in [5.74, 6) is 2.61. The van der Waals surface area contributed by atoms with Crippen LogP contribution in [0.4, 0.5) is 0 Å². The Morgan fingerprint density at radius 3 is 3.00 bits per heavy atom. The van der Waals surface area contributed by atoms with Gasteiger partial charge in [-0.1, -0.05) is 20.3 Å². The molecule has 2 rings (SSSR count). The van der Waals surface area contributed by atoms with Crippen molar-refractivity contribution in [3.63, 3.8) is 0 Å². The Morgan fingerprint density at radius 2 is 2.35 bits per heavy atom. The van der Waals surface area contributed by atoms with Crippen molar-refractivity contribution < 1.29 is 0 Å². The molecule has 1 unspecified atom stereocenters. The van der Waals surface area contributed by atoms with Gasteiger partial charge in [-0.15, -0.1) is 0 Å². The van der Waals surface area contributed by atoms with Gasteiger partial charge in [-0.3, -0.25) is 4.79 Å². The van der Waals surface area contributed by atoms with Crippen LogP contribution >= 0.6 is 11.8 Å². The first-order chi connectivity index (χ1) is 8.15. The van der Waals surface area contributed by atoms with Crippen LogP contribution in [0, 0.1) is 5.92 Å². The highest BCUT2D eigenvalue weighted by molar-refractivity contribution is 7.99. The van der Waals surface area contributed by atoms with Crippen molar-refractivity contribution in [3.05, 3.63) is 27.9 Å². The number of nitrogens with zero attached hydrogens (tertiary/aromatic N) is 1. The SMILES string of the molecule is CC(C)Cc1cc(=O)[nH]c(C2CCCCS2)n1. The van der Waals surface area contributed by atoms with E-state index < -0.39 is 0 Å². The number of hydrogen-bond acceptors (Lipinski definition) is 3. The molecule has 4 heteroatoms. The van der Waals surface area contributed by atoms with Crippen LogP contribution in [0.15, 0.2) is 10.9 Å². The third kappa shape index (κ3) is 3.60. The number of aromatic amines is 1. The number of H-pyrrole nitrogens is 1. The van der Waals surface area contributed by atoms with Gasteiger partial charge < -0.3 is 4.98 Å². The number of rotatable bonds is 3. The van der Waals surface area contributed by atoms with Crippen molar-refractivity contribution in [2.45, 2.75) is 44.8 Å². The van der Waals surface area contributed by atoms with Gasteiger partial charge >= 0.3 is 0 Å². The van der Waals surface area contributed by atoms with Crippen molar-refractivity contribution in [1.29, 1.82) is 0 Å². The molecule has 0 saturated carbocycles. The lowest BCUT2D eigenvalue weighted by Gasteiger charge is -2.20. The maximum atomic E-state index is 11.6. The normalized spacial score (nSPS) is 20.8. The van der Waals surface area contributed by atoms with E-state index in [1.54, 1.807) is 6.07 Å². The summed E-state index contributed by atoms with van der Waals surface area (Å²) in [6, 6.07) is 1.64. The van der Waals surface area contributed by atoms with Crippen molar-refractivity contribution >= 4 is 11.8 Å².